The van der Waals surface area contributed by atoms with Crippen molar-refractivity contribution >= 4 is 21.1 Å². The van der Waals surface area contributed by atoms with Crippen molar-refractivity contribution < 1.29 is 13.2 Å². The highest BCUT2D eigenvalue weighted by Gasteiger charge is 2.17. The van der Waals surface area contributed by atoms with E-state index in [1.165, 1.54) is 0 Å². The monoisotopic (exact) mass is 415 g/mol. The van der Waals surface area contributed by atoms with Crippen molar-refractivity contribution in [1.29, 1.82) is 0 Å². The van der Waals surface area contributed by atoms with Crippen LogP contribution in [-0.4, -0.2) is 24.5 Å². The number of imidazole rings is 1. The van der Waals surface area contributed by atoms with Crippen molar-refractivity contribution in [2.45, 2.75) is 57.6 Å². The second-order valence-electron chi connectivity index (χ2n) is 7.04. The predicted molar refractivity (Wildman–Crippen MR) is 116 cm³/mol. The van der Waals surface area contributed by atoms with Gasteiger partial charge >= 0.3 is 0 Å². The van der Waals surface area contributed by atoms with Gasteiger partial charge < -0.3 is 9.30 Å². The van der Waals surface area contributed by atoms with Crippen LogP contribution in [-0.2, 0) is 23.2 Å². The van der Waals surface area contributed by atoms with Gasteiger partial charge in [0, 0.05) is 13.1 Å². The lowest BCUT2D eigenvalue weighted by Gasteiger charge is -2.10. The molecule has 1 N–H and O–H groups in total. The summed E-state index contributed by atoms with van der Waals surface area (Å²) >= 11 is 0. The zero-order valence-corrected chi connectivity index (χ0v) is 17.9. The van der Waals surface area contributed by atoms with Crippen LogP contribution >= 0.6 is 0 Å². The van der Waals surface area contributed by atoms with Crippen LogP contribution in [0.5, 0.6) is 5.75 Å². The molecular formula is C22H29N3O3S. The molecule has 0 aliphatic carbocycles. The highest BCUT2D eigenvalue weighted by molar-refractivity contribution is 7.89. The maximum atomic E-state index is 12.6. The van der Waals surface area contributed by atoms with Gasteiger partial charge in [-0.15, -0.1) is 0 Å². The van der Waals surface area contributed by atoms with Crippen LogP contribution < -0.4 is 9.46 Å². The van der Waals surface area contributed by atoms with Gasteiger partial charge in [0.2, 0.25) is 10.0 Å². The number of nitrogens with zero attached hydrogens (tertiary/aromatic N) is 2. The van der Waals surface area contributed by atoms with E-state index in [0.717, 1.165) is 49.3 Å². The molecule has 3 aromatic rings. The number of hydrogen-bond acceptors (Lipinski definition) is 4. The number of aromatic nitrogens is 2. The van der Waals surface area contributed by atoms with Crippen molar-refractivity contribution in [3.8, 4) is 5.75 Å². The van der Waals surface area contributed by atoms with Gasteiger partial charge in [-0.3, -0.25) is 0 Å². The van der Waals surface area contributed by atoms with Crippen molar-refractivity contribution in [3.63, 3.8) is 0 Å². The average Bonchev–Trinajstić information content (AvgIpc) is 3.08. The van der Waals surface area contributed by atoms with Gasteiger partial charge in [0.1, 0.15) is 18.2 Å². The van der Waals surface area contributed by atoms with E-state index in [0.29, 0.717) is 18.7 Å². The van der Waals surface area contributed by atoms with E-state index in [1.807, 2.05) is 43.3 Å². The molecule has 0 aliphatic rings. The first-order chi connectivity index (χ1) is 14.0. The van der Waals surface area contributed by atoms with Crippen LogP contribution in [0.25, 0.3) is 11.0 Å². The molecule has 1 aromatic heterocycles. The highest BCUT2D eigenvalue weighted by atomic mass is 32.2. The number of nitrogens with one attached hydrogen (secondary N) is 1. The second-order valence-corrected chi connectivity index (χ2v) is 8.80. The van der Waals surface area contributed by atoms with Gasteiger partial charge in [-0.05, 0) is 43.2 Å². The van der Waals surface area contributed by atoms with Gasteiger partial charge in [-0.25, -0.2) is 18.1 Å². The van der Waals surface area contributed by atoms with Gasteiger partial charge in [0.05, 0.1) is 15.9 Å². The lowest BCUT2D eigenvalue weighted by atomic mass is 10.3. The summed E-state index contributed by atoms with van der Waals surface area (Å²) in [7, 11) is -3.53. The van der Waals surface area contributed by atoms with E-state index < -0.39 is 10.0 Å². The Balaban J connectivity index is 1.89. The fourth-order valence-electron chi connectivity index (χ4n) is 3.13. The van der Waals surface area contributed by atoms with Crippen molar-refractivity contribution in [3.05, 3.63) is 54.4 Å². The Labute approximate surface area is 173 Å². The molecule has 0 atom stereocenters. The van der Waals surface area contributed by atoms with Crippen LogP contribution in [0, 0.1) is 0 Å². The Morgan fingerprint density at radius 3 is 2.52 bits per heavy atom. The predicted octanol–water partition coefficient (Wildman–Crippen LogP) is 4.49. The Hall–Kier alpha value is -2.38. The summed E-state index contributed by atoms with van der Waals surface area (Å²) in [5.74, 6) is 1.58. The fraction of sp³-hybridized carbons (Fsp3) is 0.409. The van der Waals surface area contributed by atoms with Crippen molar-refractivity contribution in [2.24, 2.45) is 0 Å². The number of unbranched alkanes of at least 4 members (excludes halogenated alkanes) is 2. The summed E-state index contributed by atoms with van der Waals surface area (Å²) in [5.41, 5.74) is 1.60. The molecule has 2 aromatic carbocycles. The van der Waals surface area contributed by atoms with Gasteiger partial charge in [0.25, 0.3) is 0 Å². The van der Waals surface area contributed by atoms with E-state index in [9.17, 15) is 8.42 Å². The number of para-hydroxylation sites is 1. The standard InChI is InChI=1S/C22H29N3O3S/c1-3-5-14-23-29(26,27)19-12-13-21-20(16-19)24-22(25(21)15-6-4-2)17-28-18-10-8-7-9-11-18/h7-13,16,23H,3-6,14-15,17H2,1-2H3. The second kappa shape index (κ2) is 9.89. The Morgan fingerprint density at radius 1 is 1.03 bits per heavy atom. The zero-order valence-electron chi connectivity index (χ0n) is 17.1. The SMILES string of the molecule is CCCCNS(=O)(=O)c1ccc2c(c1)nc(COc1ccccc1)n2CCCC. The first kappa shape index (κ1) is 21.3. The Morgan fingerprint density at radius 2 is 1.79 bits per heavy atom. The minimum atomic E-state index is -3.53. The van der Waals surface area contributed by atoms with Crippen LogP contribution in [0.15, 0.2) is 53.4 Å². The number of aryl methyl sites for hydroxylation is 1. The number of ether oxygens (including phenoxy) is 1. The maximum absolute atomic E-state index is 12.6. The molecule has 0 aliphatic heterocycles. The molecule has 0 bridgehead atoms. The van der Waals surface area contributed by atoms with Crippen LogP contribution in [0.4, 0.5) is 0 Å². The van der Waals surface area contributed by atoms with Gasteiger partial charge in [-0.2, -0.15) is 0 Å². The lowest BCUT2D eigenvalue weighted by molar-refractivity contribution is 0.289. The molecule has 0 saturated heterocycles. The van der Waals surface area contributed by atoms with Gasteiger partial charge in [-0.1, -0.05) is 44.9 Å². The largest absolute Gasteiger partial charge is 0.486 e. The minimum Gasteiger partial charge on any atom is -0.486 e. The molecule has 1 heterocycles. The van der Waals surface area contributed by atoms with Crippen LogP contribution in [0.2, 0.25) is 0 Å². The summed E-state index contributed by atoms with van der Waals surface area (Å²) in [5, 5.41) is 0. The minimum absolute atomic E-state index is 0.247. The number of benzene rings is 2. The Kier molecular flexibility index (Phi) is 7.28. The molecule has 0 unspecified atom stereocenters. The molecule has 156 valence electrons. The number of sulfonamides is 1. The van der Waals surface area contributed by atoms with Gasteiger partial charge in [0.15, 0.2) is 0 Å². The van der Waals surface area contributed by atoms with Crippen molar-refractivity contribution in [2.75, 3.05) is 6.54 Å². The molecule has 6 nitrogen and oxygen atoms in total. The normalized spacial score (nSPS) is 11.8. The third kappa shape index (κ3) is 5.36. The van der Waals surface area contributed by atoms with E-state index >= 15 is 0 Å². The Bertz CT molecular complexity index is 1030. The average molecular weight is 416 g/mol. The molecule has 29 heavy (non-hydrogen) atoms. The molecule has 0 fully saturated rings. The molecule has 0 saturated carbocycles. The third-order valence-corrected chi connectivity index (χ3v) is 6.24. The van der Waals surface area contributed by atoms with Crippen molar-refractivity contribution in [1.82, 2.24) is 14.3 Å². The number of rotatable bonds is 11. The molecule has 7 heteroatoms. The number of fused-ring (bicyclic) bond motifs is 1. The van der Waals surface area contributed by atoms with E-state index in [1.54, 1.807) is 12.1 Å². The molecule has 0 radical (unpaired) electrons. The third-order valence-electron chi connectivity index (χ3n) is 4.78. The molecule has 0 amide bonds. The first-order valence-corrected chi connectivity index (χ1v) is 11.7. The smallest absolute Gasteiger partial charge is 0.240 e. The lowest BCUT2D eigenvalue weighted by Crippen LogP contribution is -2.24. The zero-order chi connectivity index (χ0) is 20.7. The first-order valence-electron chi connectivity index (χ1n) is 10.2. The summed E-state index contributed by atoms with van der Waals surface area (Å²) in [4.78, 5) is 4.94. The molecular weight excluding hydrogens is 386 g/mol. The molecule has 3 rings (SSSR count). The summed E-state index contributed by atoms with van der Waals surface area (Å²) < 4.78 is 35.8. The highest BCUT2D eigenvalue weighted by Crippen LogP contribution is 2.22. The number of hydrogen-bond donors (Lipinski definition) is 1. The quantitative estimate of drug-likeness (QED) is 0.468. The fourth-order valence-corrected chi connectivity index (χ4v) is 4.23. The van der Waals surface area contributed by atoms with E-state index in [4.69, 9.17) is 9.72 Å². The summed E-state index contributed by atoms with van der Waals surface area (Å²) in [6.45, 7) is 5.77. The van der Waals surface area contributed by atoms with Crippen LogP contribution in [0.3, 0.4) is 0 Å². The molecule has 0 spiro atoms. The topological polar surface area (TPSA) is 73.2 Å². The van der Waals surface area contributed by atoms with E-state index in [-0.39, 0.29) is 4.90 Å². The maximum Gasteiger partial charge on any atom is 0.240 e. The van der Waals surface area contributed by atoms with E-state index in [2.05, 4.69) is 16.2 Å². The van der Waals surface area contributed by atoms with Crippen LogP contribution in [0.1, 0.15) is 45.4 Å². The summed E-state index contributed by atoms with van der Waals surface area (Å²) in [6, 6.07) is 14.8. The summed E-state index contributed by atoms with van der Waals surface area (Å²) in [6.07, 6.45) is 3.83.